The molecule has 0 aliphatic carbocycles. The van der Waals surface area contributed by atoms with Gasteiger partial charge in [0.1, 0.15) is 0 Å². The van der Waals surface area contributed by atoms with Gasteiger partial charge in [0, 0.05) is 45.5 Å². The number of hydrogen-bond acceptors (Lipinski definition) is 5. The number of rotatable bonds is 8. The van der Waals surface area contributed by atoms with Crippen LogP contribution in [0.5, 0.6) is 0 Å². The number of nitrogen functional groups attached to an aromatic ring is 1. The number of methoxy groups -OCH3 is 2. The molecule has 0 radical (unpaired) electrons. The Balaban J connectivity index is 2.27. The summed E-state index contributed by atoms with van der Waals surface area (Å²) in [7, 11) is 3.43. The number of ether oxygens (including phenoxy) is 2. The van der Waals surface area contributed by atoms with Gasteiger partial charge >= 0.3 is 0 Å². The molecule has 2 N–H and O–H groups in total. The van der Waals surface area contributed by atoms with E-state index in [9.17, 15) is 0 Å². The Bertz CT molecular complexity index is 574. The van der Waals surface area contributed by atoms with E-state index in [2.05, 4.69) is 9.88 Å². The van der Waals surface area contributed by atoms with Crippen LogP contribution in [0.3, 0.4) is 0 Å². The first-order valence-electron chi connectivity index (χ1n) is 7.14. The van der Waals surface area contributed by atoms with Crippen molar-refractivity contribution < 1.29 is 9.47 Å². The Morgan fingerprint density at radius 3 is 2.67 bits per heavy atom. The van der Waals surface area contributed by atoms with Gasteiger partial charge in [-0.15, -0.1) is 0 Å². The molecule has 1 heterocycles. The first kappa shape index (κ1) is 15.5. The maximum atomic E-state index is 6.34. The van der Waals surface area contributed by atoms with Gasteiger partial charge in [0.05, 0.1) is 23.5 Å². The third kappa shape index (κ3) is 3.83. The molecule has 0 fully saturated rings. The van der Waals surface area contributed by atoms with Crippen LogP contribution in [0.4, 0.5) is 11.4 Å². The summed E-state index contributed by atoms with van der Waals surface area (Å²) in [6, 6.07) is 7.96. The quantitative estimate of drug-likeness (QED) is 0.597. The fourth-order valence-electron chi connectivity index (χ4n) is 2.39. The highest BCUT2D eigenvalue weighted by Gasteiger charge is 2.12. The summed E-state index contributed by atoms with van der Waals surface area (Å²) in [5.74, 6) is 0. The van der Waals surface area contributed by atoms with E-state index in [4.69, 9.17) is 15.2 Å². The van der Waals surface area contributed by atoms with E-state index in [0.29, 0.717) is 6.61 Å². The molecule has 2 aromatic rings. The molecule has 114 valence electrons. The minimum Gasteiger partial charge on any atom is -0.396 e. The molecule has 0 aliphatic rings. The molecule has 0 saturated carbocycles. The predicted molar refractivity (Wildman–Crippen MR) is 86.7 cm³/mol. The molecule has 0 amide bonds. The lowest BCUT2D eigenvalue weighted by Crippen LogP contribution is -2.29. The van der Waals surface area contributed by atoms with E-state index in [-0.39, 0.29) is 0 Å². The smallest absolute Gasteiger partial charge is 0.0724 e. The Labute approximate surface area is 125 Å². The van der Waals surface area contributed by atoms with Crippen LogP contribution in [0.25, 0.3) is 10.9 Å². The average Bonchev–Trinajstić information content (AvgIpc) is 2.52. The second-order valence-corrected chi connectivity index (χ2v) is 4.89. The molecule has 1 aromatic carbocycles. The summed E-state index contributed by atoms with van der Waals surface area (Å²) >= 11 is 0. The Morgan fingerprint density at radius 2 is 1.90 bits per heavy atom. The zero-order chi connectivity index (χ0) is 15.1. The number of fused-ring (bicyclic) bond motifs is 1. The zero-order valence-corrected chi connectivity index (χ0v) is 12.7. The molecule has 0 unspecified atom stereocenters. The summed E-state index contributed by atoms with van der Waals surface area (Å²) in [6.45, 7) is 3.08. The third-order valence-corrected chi connectivity index (χ3v) is 3.49. The molecule has 5 heteroatoms. The van der Waals surface area contributed by atoms with Crippen LogP contribution in [0.15, 0.2) is 30.5 Å². The second-order valence-electron chi connectivity index (χ2n) is 4.89. The summed E-state index contributed by atoms with van der Waals surface area (Å²) in [6.07, 6.45) is 2.73. The van der Waals surface area contributed by atoms with Gasteiger partial charge in [-0.25, -0.2) is 0 Å². The van der Waals surface area contributed by atoms with Gasteiger partial charge < -0.3 is 20.1 Å². The molecule has 0 bridgehead atoms. The number of hydrogen-bond donors (Lipinski definition) is 1. The van der Waals surface area contributed by atoms with Gasteiger partial charge in [-0.3, -0.25) is 4.98 Å². The lowest BCUT2D eigenvalue weighted by atomic mass is 10.1. The van der Waals surface area contributed by atoms with Crippen LogP contribution in [0, 0.1) is 0 Å². The standard InChI is InChI=1S/C16H23N3O2/c1-20-11-4-9-19(10-12-21-2)15-7-6-14-13(16(15)17)5-3-8-18-14/h3,5-8H,4,9-12,17H2,1-2H3. The van der Waals surface area contributed by atoms with E-state index in [1.807, 2.05) is 24.3 Å². The fraction of sp³-hybridized carbons (Fsp3) is 0.438. The van der Waals surface area contributed by atoms with E-state index < -0.39 is 0 Å². The van der Waals surface area contributed by atoms with Gasteiger partial charge in [0.15, 0.2) is 0 Å². The summed E-state index contributed by atoms with van der Waals surface area (Å²) < 4.78 is 10.3. The Kier molecular flexibility index (Phi) is 5.78. The van der Waals surface area contributed by atoms with Crippen molar-refractivity contribution in [3.8, 4) is 0 Å². The highest BCUT2D eigenvalue weighted by molar-refractivity contribution is 5.97. The van der Waals surface area contributed by atoms with Crippen LogP contribution < -0.4 is 10.6 Å². The maximum Gasteiger partial charge on any atom is 0.0724 e. The number of pyridine rings is 1. The van der Waals surface area contributed by atoms with Crippen LogP contribution >= 0.6 is 0 Å². The number of benzene rings is 1. The Hall–Kier alpha value is -1.85. The molecule has 0 saturated heterocycles. The van der Waals surface area contributed by atoms with Crippen molar-refractivity contribution in [3.63, 3.8) is 0 Å². The largest absolute Gasteiger partial charge is 0.396 e. The van der Waals surface area contributed by atoms with Gasteiger partial charge in [-0.05, 0) is 30.7 Å². The molecular formula is C16H23N3O2. The summed E-state index contributed by atoms with van der Waals surface area (Å²) in [5.41, 5.74) is 9.06. The first-order chi connectivity index (χ1) is 10.3. The normalized spacial score (nSPS) is 11.0. The van der Waals surface area contributed by atoms with Crippen LogP contribution in [-0.4, -0.2) is 45.5 Å². The zero-order valence-electron chi connectivity index (χ0n) is 12.7. The molecule has 0 spiro atoms. The van der Waals surface area contributed by atoms with Gasteiger partial charge in [0.25, 0.3) is 0 Å². The molecule has 0 atom stereocenters. The van der Waals surface area contributed by atoms with Crippen molar-refractivity contribution in [2.24, 2.45) is 0 Å². The van der Waals surface area contributed by atoms with Crippen molar-refractivity contribution in [3.05, 3.63) is 30.5 Å². The number of nitrogens with zero attached hydrogens (tertiary/aromatic N) is 2. The molecule has 2 rings (SSSR count). The van der Waals surface area contributed by atoms with Crippen molar-refractivity contribution >= 4 is 22.3 Å². The van der Waals surface area contributed by atoms with Gasteiger partial charge in [-0.1, -0.05) is 0 Å². The van der Waals surface area contributed by atoms with Crippen molar-refractivity contribution in [1.29, 1.82) is 0 Å². The lowest BCUT2D eigenvalue weighted by molar-refractivity contribution is 0.191. The van der Waals surface area contributed by atoms with Gasteiger partial charge in [0.2, 0.25) is 0 Å². The third-order valence-electron chi connectivity index (χ3n) is 3.49. The molecule has 5 nitrogen and oxygen atoms in total. The van der Waals surface area contributed by atoms with E-state index in [0.717, 1.165) is 48.4 Å². The monoisotopic (exact) mass is 289 g/mol. The molecule has 0 aliphatic heterocycles. The van der Waals surface area contributed by atoms with E-state index in [1.165, 1.54) is 0 Å². The topological polar surface area (TPSA) is 60.6 Å². The highest BCUT2D eigenvalue weighted by atomic mass is 16.5. The number of nitrogens with two attached hydrogens (primary N) is 1. The fourth-order valence-corrected chi connectivity index (χ4v) is 2.39. The Morgan fingerprint density at radius 1 is 1.10 bits per heavy atom. The predicted octanol–water partition coefficient (Wildman–Crippen LogP) is 2.31. The molecule has 21 heavy (non-hydrogen) atoms. The number of aromatic nitrogens is 1. The van der Waals surface area contributed by atoms with Crippen molar-refractivity contribution in [2.75, 3.05) is 51.2 Å². The summed E-state index contributed by atoms with van der Waals surface area (Å²) in [4.78, 5) is 6.58. The van der Waals surface area contributed by atoms with Gasteiger partial charge in [-0.2, -0.15) is 0 Å². The summed E-state index contributed by atoms with van der Waals surface area (Å²) in [5, 5.41) is 0.990. The van der Waals surface area contributed by atoms with E-state index in [1.54, 1.807) is 20.4 Å². The first-order valence-corrected chi connectivity index (χ1v) is 7.14. The second kappa shape index (κ2) is 7.81. The lowest BCUT2D eigenvalue weighted by Gasteiger charge is -2.26. The maximum absolute atomic E-state index is 6.34. The average molecular weight is 289 g/mol. The van der Waals surface area contributed by atoms with Crippen LogP contribution in [0.1, 0.15) is 6.42 Å². The minimum absolute atomic E-state index is 0.664. The minimum atomic E-state index is 0.664. The van der Waals surface area contributed by atoms with Crippen LogP contribution in [-0.2, 0) is 9.47 Å². The molecule has 1 aromatic heterocycles. The molecular weight excluding hydrogens is 266 g/mol. The SMILES string of the molecule is COCCCN(CCOC)c1ccc2ncccc2c1N. The number of anilines is 2. The van der Waals surface area contributed by atoms with E-state index >= 15 is 0 Å². The van der Waals surface area contributed by atoms with Crippen molar-refractivity contribution in [1.82, 2.24) is 4.98 Å². The van der Waals surface area contributed by atoms with Crippen LogP contribution in [0.2, 0.25) is 0 Å². The highest BCUT2D eigenvalue weighted by Crippen LogP contribution is 2.30. The van der Waals surface area contributed by atoms with Crippen molar-refractivity contribution in [2.45, 2.75) is 6.42 Å².